The van der Waals surface area contributed by atoms with Crippen LogP contribution in [0.15, 0.2) is 22.7 Å². The van der Waals surface area contributed by atoms with Crippen LogP contribution >= 0.6 is 15.9 Å². The lowest BCUT2D eigenvalue weighted by Gasteiger charge is -2.19. The van der Waals surface area contributed by atoms with Gasteiger partial charge in [-0.3, -0.25) is 9.69 Å². The fourth-order valence-corrected chi connectivity index (χ4v) is 2.41. The molecule has 18 heavy (non-hydrogen) atoms. The third kappa shape index (κ3) is 3.29. The Hall–Kier alpha value is -0.940. The highest BCUT2D eigenvalue weighted by Crippen LogP contribution is 2.17. The summed E-state index contributed by atoms with van der Waals surface area (Å²) in [5.41, 5.74) is 0.635. The molecule has 98 valence electrons. The number of nitrogens with zero attached hydrogens (tertiary/aromatic N) is 2. The molecule has 1 fully saturated rings. The Balaban J connectivity index is 2.06. The van der Waals surface area contributed by atoms with Gasteiger partial charge in [0.1, 0.15) is 5.82 Å². The zero-order valence-corrected chi connectivity index (χ0v) is 11.9. The van der Waals surface area contributed by atoms with E-state index in [4.69, 9.17) is 0 Å². The van der Waals surface area contributed by atoms with Crippen LogP contribution in [-0.2, 0) is 11.3 Å². The Morgan fingerprint density at radius 3 is 2.89 bits per heavy atom. The summed E-state index contributed by atoms with van der Waals surface area (Å²) in [4.78, 5) is 15.5. The van der Waals surface area contributed by atoms with Gasteiger partial charge >= 0.3 is 0 Å². The van der Waals surface area contributed by atoms with Gasteiger partial charge in [0.2, 0.25) is 5.91 Å². The van der Waals surface area contributed by atoms with Crippen molar-refractivity contribution in [2.45, 2.75) is 13.0 Å². The average molecular weight is 315 g/mol. The molecule has 0 atom stereocenters. The molecule has 1 aromatic rings. The molecule has 2 rings (SSSR count). The number of halogens is 2. The average Bonchev–Trinajstić information content (AvgIpc) is 2.46. The van der Waals surface area contributed by atoms with E-state index in [1.807, 2.05) is 18.0 Å². The summed E-state index contributed by atoms with van der Waals surface area (Å²) in [7, 11) is 1.81. The SMILES string of the molecule is CN1CCCN(Cc2ccc(Br)cc2F)CC1=O. The van der Waals surface area contributed by atoms with E-state index in [0.29, 0.717) is 18.7 Å². The molecule has 1 saturated heterocycles. The standard InChI is InChI=1S/C13H16BrFN2O/c1-16-5-2-6-17(9-13(16)18)8-10-3-4-11(14)7-12(10)15/h3-4,7H,2,5-6,8-9H2,1H3. The van der Waals surface area contributed by atoms with E-state index >= 15 is 0 Å². The van der Waals surface area contributed by atoms with Gasteiger partial charge in [-0.25, -0.2) is 4.39 Å². The molecule has 3 nitrogen and oxygen atoms in total. The molecule has 1 heterocycles. The van der Waals surface area contributed by atoms with Gasteiger partial charge in [0.25, 0.3) is 0 Å². The summed E-state index contributed by atoms with van der Waals surface area (Å²) < 4.78 is 14.5. The fraction of sp³-hybridized carbons (Fsp3) is 0.462. The Bertz CT molecular complexity index is 453. The van der Waals surface area contributed by atoms with Gasteiger partial charge in [-0.2, -0.15) is 0 Å². The molecule has 0 aromatic heterocycles. The van der Waals surface area contributed by atoms with Gasteiger partial charge in [-0.15, -0.1) is 0 Å². The number of carbonyl (C=O) groups excluding carboxylic acids is 1. The monoisotopic (exact) mass is 314 g/mol. The number of amides is 1. The maximum absolute atomic E-state index is 13.7. The highest BCUT2D eigenvalue weighted by atomic mass is 79.9. The van der Waals surface area contributed by atoms with Gasteiger partial charge in [0.15, 0.2) is 0 Å². The summed E-state index contributed by atoms with van der Waals surface area (Å²) in [6.07, 6.45) is 0.931. The molecule has 0 saturated carbocycles. The van der Waals surface area contributed by atoms with Crippen molar-refractivity contribution in [1.29, 1.82) is 0 Å². The van der Waals surface area contributed by atoms with Crippen molar-refractivity contribution in [2.75, 3.05) is 26.7 Å². The highest BCUT2D eigenvalue weighted by Gasteiger charge is 2.19. The summed E-state index contributed by atoms with van der Waals surface area (Å²) in [6.45, 7) is 2.45. The minimum Gasteiger partial charge on any atom is -0.345 e. The van der Waals surface area contributed by atoms with Crippen LogP contribution in [0.5, 0.6) is 0 Å². The lowest BCUT2D eigenvalue weighted by molar-refractivity contribution is -0.130. The molecule has 5 heteroatoms. The Morgan fingerprint density at radius 2 is 2.17 bits per heavy atom. The molecule has 0 N–H and O–H groups in total. The minimum absolute atomic E-state index is 0.102. The first-order valence-corrected chi connectivity index (χ1v) is 6.76. The summed E-state index contributed by atoms with van der Waals surface area (Å²) in [6, 6.07) is 5.05. The number of carbonyl (C=O) groups is 1. The summed E-state index contributed by atoms with van der Waals surface area (Å²) >= 11 is 3.24. The molecular formula is C13H16BrFN2O. The van der Waals surface area contributed by atoms with E-state index in [1.54, 1.807) is 11.0 Å². The first-order chi connectivity index (χ1) is 8.56. The van der Waals surface area contributed by atoms with Gasteiger partial charge < -0.3 is 4.90 Å². The van der Waals surface area contributed by atoms with Crippen molar-refractivity contribution in [3.63, 3.8) is 0 Å². The van der Waals surface area contributed by atoms with Crippen LogP contribution in [0.2, 0.25) is 0 Å². The van der Waals surface area contributed by atoms with E-state index < -0.39 is 0 Å². The van der Waals surface area contributed by atoms with Crippen LogP contribution in [0.3, 0.4) is 0 Å². The normalized spacial score (nSPS) is 17.9. The third-order valence-electron chi connectivity index (χ3n) is 3.16. The van der Waals surface area contributed by atoms with Crippen molar-refractivity contribution in [2.24, 2.45) is 0 Å². The number of likely N-dealkylation sites (N-methyl/N-ethyl adjacent to an activating group) is 1. The minimum atomic E-state index is -0.227. The number of benzene rings is 1. The van der Waals surface area contributed by atoms with Crippen LogP contribution in [0, 0.1) is 5.82 Å². The zero-order chi connectivity index (χ0) is 13.1. The predicted octanol–water partition coefficient (Wildman–Crippen LogP) is 2.25. The Morgan fingerprint density at radius 1 is 1.39 bits per heavy atom. The zero-order valence-electron chi connectivity index (χ0n) is 10.3. The van der Waals surface area contributed by atoms with E-state index in [9.17, 15) is 9.18 Å². The second kappa shape index (κ2) is 5.80. The molecule has 1 aliphatic rings. The highest BCUT2D eigenvalue weighted by molar-refractivity contribution is 9.10. The van der Waals surface area contributed by atoms with Gasteiger partial charge in [0.05, 0.1) is 6.54 Å². The topological polar surface area (TPSA) is 23.6 Å². The maximum Gasteiger partial charge on any atom is 0.236 e. The first-order valence-electron chi connectivity index (χ1n) is 5.96. The second-order valence-electron chi connectivity index (χ2n) is 4.62. The van der Waals surface area contributed by atoms with Gasteiger partial charge in [-0.1, -0.05) is 22.0 Å². The van der Waals surface area contributed by atoms with Crippen LogP contribution in [0.4, 0.5) is 4.39 Å². The molecule has 0 spiro atoms. The third-order valence-corrected chi connectivity index (χ3v) is 3.65. The maximum atomic E-state index is 13.7. The molecule has 0 aliphatic carbocycles. The van der Waals surface area contributed by atoms with Crippen molar-refractivity contribution in [3.8, 4) is 0 Å². The van der Waals surface area contributed by atoms with Gasteiger partial charge in [0, 0.05) is 36.7 Å². The summed E-state index contributed by atoms with van der Waals surface area (Å²) in [5, 5.41) is 0. The lowest BCUT2D eigenvalue weighted by atomic mass is 10.2. The lowest BCUT2D eigenvalue weighted by Crippen LogP contribution is -2.34. The molecule has 0 unspecified atom stereocenters. The quantitative estimate of drug-likeness (QED) is 0.836. The van der Waals surface area contributed by atoms with E-state index in [1.165, 1.54) is 6.07 Å². The Labute approximate surface area is 115 Å². The largest absolute Gasteiger partial charge is 0.345 e. The molecular weight excluding hydrogens is 299 g/mol. The van der Waals surface area contributed by atoms with Crippen molar-refractivity contribution >= 4 is 21.8 Å². The van der Waals surface area contributed by atoms with E-state index in [2.05, 4.69) is 15.9 Å². The van der Waals surface area contributed by atoms with Crippen LogP contribution in [0.1, 0.15) is 12.0 Å². The molecule has 1 aliphatic heterocycles. The first kappa shape index (κ1) is 13.5. The van der Waals surface area contributed by atoms with Crippen LogP contribution in [0.25, 0.3) is 0 Å². The Kier molecular flexibility index (Phi) is 4.35. The fourth-order valence-electron chi connectivity index (χ4n) is 2.07. The number of hydrogen-bond acceptors (Lipinski definition) is 2. The predicted molar refractivity (Wildman–Crippen MR) is 71.6 cm³/mol. The molecule has 0 bridgehead atoms. The van der Waals surface area contributed by atoms with E-state index in [-0.39, 0.29) is 11.7 Å². The van der Waals surface area contributed by atoms with Crippen molar-refractivity contribution in [3.05, 3.63) is 34.1 Å². The van der Waals surface area contributed by atoms with Gasteiger partial charge in [-0.05, 0) is 18.6 Å². The summed E-state index contributed by atoms with van der Waals surface area (Å²) in [5.74, 6) is -0.126. The van der Waals surface area contributed by atoms with E-state index in [0.717, 1.165) is 24.0 Å². The second-order valence-corrected chi connectivity index (χ2v) is 5.53. The smallest absolute Gasteiger partial charge is 0.236 e. The molecule has 1 amide bonds. The van der Waals surface area contributed by atoms with Crippen molar-refractivity contribution in [1.82, 2.24) is 9.80 Å². The number of hydrogen-bond donors (Lipinski definition) is 0. The molecule has 1 aromatic carbocycles. The number of rotatable bonds is 2. The van der Waals surface area contributed by atoms with Crippen molar-refractivity contribution < 1.29 is 9.18 Å². The van der Waals surface area contributed by atoms with Crippen LogP contribution < -0.4 is 0 Å². The molecule has 0 radical (unpaired) electrons. The van der Waals surface area contributed by atoms with Crippen LogP contribution in [-0.4, -0.2) is 42.4 Å².